The molecule has 5 heteroatoms. The standard InChI is InChI=1S/C15H19BrN2O2/c1-15(2,3)13(14(19)20)18(4)9-11-6-5-10(8-17)7-12(11)16/h5-7,13H,9H2,1-4H3,(H,19,20). The van der Waals surface area contributed by atoms with E-state index in [1.54, 1.807) is 19.2 Å². The lowest BCUT2D eigenvalue weighted by Gasteiger charge is -2.34. The lowest BCUT2D eigenvalue weighted by molar-refractivity contribution is -0.147. The van der Waals surface area contributed by atoms with Crippen LogP contribution in [0.3, 0.4) is 0 Å². The fourth-order valence-electron chi connectivity index (χ4n) is 2.33. The summed E-state index contributed by atoms with van der Waals surface area (Å²) in [5.41, 5.74) is 1.18. The molecule has 0 aliphatic heterocycles. The lowest BCUT2D eigenvalue weighted by Crippen LogP contribution is -2.47. The molecule has 1 aromatic carbocycles. The molecule has 1 N–H and O–H groups in total. The summed E-state index contributed by atoms with van der Waals surface area (Å²) in [5, 5.41) is 18.3. The predicted octanol–water partition coefficient (Wildman–Crippen LogP) is 3.25. The number of carboxylic acid groups (broad SMARTS) is 1. The first-order chi connectivity index (χ1) is 9.16. The summed E-state index contributed by atoms with van der Waals surface area (Å²) in [5.74, 6) is -0.829. The van der Waals surface area contributed by atoms with Crippen molar-refractivity contribution in [2.75, 3.05) is 7.05 Å². The van der Waals surface area contributed by atoms with Crippen LogP contribution in [0.1, 0.15) is 31.9 Å². The summed E-state index contributed by atoms with van der Waals surface area (Å²) in [6.07, 6.45) is 0. The first kappa shape index (κ1) is 16.7. The fourth-order valence-corrected chi connectivity index (χ4v) is 2.83. The van der Waals surface area contributed by atoms with E-state index < -0.39 is 12.0 Å². The molecule has 0 fully saturated rings. The minimum Gasteiger partial charge on any atom is -0.480 e. The van der Waals surface area contributed by atoms with Crippen LogP contribution in [0.25, 0.3) is 0 Å². The molecule has 0 aromatic heterocycles. The van der Waals surface area contributed by atoms with Gasteiger partial charge in [-0.15, -0.1) is 0 Å². The summed E-state index contributed by atoms with van der Waals surface area (Å²) < 4.78 is 0.821. The Morgan fingerprint density at radius 2 is 2.10 bits per heavy atom. The third-order valence-electron chi connectivity index (χ3n) is 3.10. The van der Waals surface area contributed by atoms with E-state index >= 15 is 0 Å². The average molecular weight is 339 g/mol. The molecule has 0 radical (unpaired) electrons. The minimum absolute atomic E-state index is 0.361. The van der Waals surface area contributed by atoms with Gasteiger partial charge in [0.25, 0.3) is 0 Å². The summed E-state index contributed by atoms with van der Waals surface area (Å²) in [7, 11) is 1.80. The molecule has 0 saturated heterocycles. The van der Waals surface area contributed by atoms with Crippen molar-refractivity contribution in [3.05, 3.63) is 33.8 Å². The average Bonchev–Trinajstić information content (AvgIpc) is 2.29. The van der Waals surface area contributed by atoms with Crippen LogP contribution in [-0.2, 0) is 11.3 Å². The van der Waals surface area contributed by atoms with Gasteiger partial charge in [0.2, 0.25) is 0 Å². The van der Waals surface area contributed by atoms with Gasteiger partial charge in [0, 0.05) is 11.0 Å². The fraction of sp³-hybridized carbons (Fsp3) is 0.467. The number of carboxylic acids is 1. The first-order valence-electron chi connectivity index (χ1n) is 6.28. The number of halogens is 1. The highest BCUT2D eigenvalue weighted by Crippen LogP contribution is 2.27. The first-order valence-corrected chi connectivity index (χ1v) is 7.07. The van der Waals surface area contributed by atoms with Crippen LogP contribution in [-0.4, -0.2) is 29.1 Å². The molecule has 0 aliphatic rings. The Bertz CT molecular complexity index is 544. The van der Waals surface area contributed by atoms with Gasteiger partial charge in [0.1, 0.15) is 6.04 Å². The van der Waals surface area contributed by atoms with Crippen molar-refractivity contribution in [2.45, 2.75) is 33.4 Å². The Balaban J connectivity index is 2.97. The maximum absolute atomic E-state index is 11.5. The van der Waals surface area contributed by atoms with Gasteiger partial charge in [0.05, 0.1) is 11.6 Å². The smallest absolute Gasteiger partial charge is 0.321 e. The molecule has 0 bridgehead atoms. The molecule has 20 heavy (non-hydrogen) atoms. The summed E-state index contributed by atoms with van der Waals surface area (Å²) in [6.45, 7) is 6.24. The molecule has 108 valence electrons. The van der Waals surface area contributed by atoms with E-state index in [0.29, 0.717) is 12.1 Å². The van der Waals surface area contributed by atoms with E-state index in [9.17, 15) is 9.90 Å². The Labute approximate surface area is 128 Å². The summed E-state index contributed by atoms with van der Waals surface area (Å²) >= 11 is 3.43. The molecule has 1 aromatic rings. The Morgan fingerprint density at radius 1 is 1.50 bits per heavy atom. The molecule has 0 spiro atoms. The van der Waals surface area contributed by atoms with Gasteiger partial charge in [-0.2, -0.15) is 5.26 Å². The van der Waals surface area contributed by atoms with Gasteiger partial charge in [0.15, 0.2) is 0 Å². The Morgan fingerprint density at radius 3 is 2.50 bits per heavy atom. The van der Waals surface area contributed by atoms with Crippen LogP contribution in [0.15, 0.2) is 22.7 Å². The number of carbonyl (C=O) groups is 1. The summed E-state index contributed by atoms with van der Waals surface area (Å²) in [4.78, 5) is 13.3. The number of nitriles is 1. The minimum atomic E-state index is -0.829. The van der Waals surface area contributed by atoms with Crippen molar-refractivity contribution in [3.8, 4) is 6.07 Å². The molecule has 4 nitrogen and oxygen atoms in total. The second-order valence-corrected chi connectivity index (χ2v) is 6.79. The highest BCUT2D eigenvalue weighted by atomic mass is 79.9. The number of aliphatic carboxylic acids is 1. The van der Waals surface area contributed by atoms with Crippen molar-refractivity contribution in [3.63, 3.8) is 0 Å². The number of nitrogens with zero attached hydrogens (tertiary/aromatic N) is 2. The second-order valence-electron chi connectivity index (χ2n) is 5.94. The van der Waals surface area contributed by atoms with Crippen LogP contribution < -0.4 is 0 Å². The Kier molecular flexibility index (Phi) is 5.32. The van der Waals surface area contributed by atoms with Crippen LogP contribution in [0.4, 0.5) is 0 Å². The molecule has 0 saturated carbocycles. The number of likely N-dealkylation sites (N-methyl/N-ethyl adjacent to an activating group) is 1. The maximum Gasteiger partial charge on any atom is 0.321 e. The van der Waals surface area contributed by atoms with Crippen LogP contribution in [0.5, 0.6) is 0 Å². The largest absolute Gasteiger partial charge is 0.480 e. The molecule has 1 rings (SSSR count). The number of hydrogen-bond acceptors (Lipinski definition) is 3. The van der Waals surface area contributed by atoms with Crippen LogP contribution >= 0.6 is 15.9 Å². The number of benzene rings is 1. The second kappa shape index (κ2) is 6.38. The van der Waals surface area contributed by atoms with Gasteiger partial charge in [-0.3, -0.25) is 9.69 Å². The quantitative estimate of drug-likeness (QED) is 0.915. The van der Waals surface area contributed by atoms with E-state index in [1.165, 1.54) is 0 Å². The number of rotatable bonds is 4. The zero-order chi connectivity index (χ0) is 15.5. The highest BCUT2D eigenvalue weighted by molar-refractivity contribution is 9.10. The van der Waals surface area contributed by atoms with Crippen LogP contribution in [0, 0.1) is 16.7 Å². The third-order valence-corrected chi connectivity index (χ3v) is 3.84. The SMILES string of the molecule is CN(Cc1ccc(C#N)cc1Br)C(C(=O)O)C(C)(C)C. The van der Waals surface area contributed by atoms with Crippen molar-refractivity contribution < 1.29 is 9.90 Å². The molecule has 0 amide bonds. The van der Waals surface area contributed by atoms with E-state index in [2.05, 4.69) is 22.0 Å². The maximum atomic E-state index is 11.5. The molecule has 0 aliphatic carbocycles. The van der Waals surface area contributed by atoms with Gasteiger partial charge < -0.3 is 5.11 Å². The zero-order valence-electron chi connectivity index (χ0n) is 12.1. The van der Waals surface area contributed by atoms with Gasteiger partial charge in [-0.1, -0.05) is 42.8 Å². The van der Waals surface area contributed by atoms with Crippen LogP contribution in [0.2, 0.25) is 0 Å². The van der Waals surface area contributed by atoms with Crippen molar-refractivity contribution in [1.29, 1.82) is 5.26 Å². The zero-order valence-corrected chi connectivity index (χ0v) is 13.7. The molecular weight excluding hydrogens is 320 g/mol. The topological polar surface area (TPSA) is 64.3 Å². The van der Waals surface area contributed by atoms with E-state index in [1.807, 2.05) is 31.7 Å². The molecule has 0 heterocycles. The molecule has 1 atom stereocenters. The summed E-state index contributed by atoms with van der Waals surface area (Å²) in [6, 6.07) is 6.83. The normalized spacial score (nSPS) is 13.1. The van der Waals surface area contributed by atoms with Gasteiger partial charge in [-0.05, 0) is 30.2 Å². The third kappa shape index (κ3) is 4.06. The van der Waals surface area contributed by atoms with E-state index in [-0.39, 0.29) is 5.41 Å². The van der Waals surface area contributed by atoms with E-state index in [0.717, 1.165) is 10.0 Å². The van der Waals surface area contributed by atoms with Crippen molar-refractivity contribution in [1.82, 2.24) is 4.90 Å². The van der Waals surface area contributed by atoms with E-state index in [4.69, 9.17) is 5.26 Å². The van der Waals surface area contributed by atoms with Gasteiger partial charge >= 0.3 is 5.97 Å². The monoisotopic (exact) mass is 338 g/mol. The van der Waals surface area contributed by atoms with Crippen molar-refractivity contribution in [2.24, 2.45) is 5.41 Å². The van der Waals surface area contributed by atoms with Gasteiger partial charge in [-0.25, -0.2) is 0 Å². The highest BCUT2D eigenvalue weighted by Gasteiger charge is 2.34. The molecule has 1 unspecified atom stereocenters. The van der Waals surface area contributed by atoms with Crippen molar-refractivity contribution >= 4 is 21.9 Å². The Hall–Kier alpha value is -1.38. The molecular formula is C15H19BrN2O2. The lowest BCUT2D eigenvalue weighted by atomic mass is 9.85. The predicted molar refractivity (Wildman–Crippen MR) is 81.2 cm³/mol. The number of hydrogen-bond donors (Lipinski definition) is 1.